The minimum atomic E-state index is -0.549. The van der Waals surface area contributed by atoms with E-state index in [4.69, 9.17) is 4.74 Å². The molecule has 0 aliphatic carbocycles. The van der Waals surface area contributed by atoms with Crippen LogP contribution in [-0.2, 0) is 16.0 Å². The van der Waals surface area contributed by atoms with Crippen LogP contribution in [0.15, 0.2) is 35.4 Å². The van der Waals surface area contributed by atoms with Crippen LogP contribution < -0.4 is 0 Å². The molecule has 1 aliphatic rings. The molecule has 0 saturated carbocycles. The molecule has 0 aromatic heterocycles. The summed E-state index contributed by atoms with van der Waals surface area (Å²) in [4.78, 5) is 25.9. The number of benzene rings is 1. The van der Waals surface area contributed by atoms with Crippen LogP contribution in [0.5, 0.6) is 5.75 Å². The monoisotopic (exact) mass is 331 g/mol. The molecule has 130 valence electrons. The van der Waals surface area contributed by atoms with Gasteiger partial charge in [-0.25, -0.2) is 4.79 Å². The van der Waals surface area contributed by atoms with Crippen molar-refractivity contribution in [3.05, 3.63) is 41.0 Å². The largest absolute Gasteiger partial charge is 0.508 e. The van der Waals surface area contributed by atoms with Gasteiger partial charge in [-0.2, -0.15) is 0 Å². The van der Waals surface area contributed by atoms with E-state index in [9.17, 15) is 14.7 Å². The number of carbonyl (C=O) groups excluding carboxylic acids is 2. The Labute approximate surface area is 142 Å². The zero-order chi connectivity index (χ0) is 17.9. The molecule has 0 spiro atoms. The molecule has 0 unspecified atom stereocenters. The summed E-state index contributed by atoms with van der Waals surface area (Å²) in [5, 5.41) is 9.62. The Morgan fingerprint density at radius 1 is 1.29 bits per heavy atom. The van der Waals surface area contributed by atoms with Crippen molar-refractivity contribution in [1.29, 1.82) is 0 Å². The first-order valence-electron chi connectivity index (χ1n) is 8.13. The molecule has 0 atom stereocenters. The molecule has 1 heterocycles. The van der Waals surface area contributed by atoms with E-state index in [1.807, 2.05) is 26.8 Å². The summed E-state index contributed by atoms with van der Waals surface area (Å²) in [6.45, 7) is 7.91. The van der Waals surface area contributed by atoms with Crippen LogP contribution in [0.25, 0.3) is 0 Å². The first-order chi connectivity index (χ1) is 11.2. The van der Waals surface area contributed by atoms with Crippen LogP contribution in [0.1, 0.15) is 39.7 Å². The van der Waals surface area contributed by atoms with Crippen LogP contribution in [-0.4, -0.2) is 40.6 Å². The third-order valence-electron chi connectivity index (χ3n) is 3.84. The molecule has 5 heteroatoms. The highest BCUT2D eigenvalue weighted by Gasteiger charge is 2.28. The summed E-state index contributed by atoms with van der Waals surface area (Å²) in [6.07, 6.45) is 0.698. The summed E-state index contributed by atoms with van der Waals surface area (Å²) < 4.78 is 5.43. The second kappa shape index (κ2) is 7.07. The maximum absolute atomic E-state index is 12.3. The molecular weight excluding hydrogens is 306 g/mol. The van der Waals surface area contributed by atoms with Gasteiger partial charge < -0.3 is 14.7 Å². The lowest BCUT2D eigenvalue weighted by Gasteiger charge is -2.32. The van der Waals surface area contributed by atoms with Gasteiger partial charge in [-0.3, -0.25) is 4.79 Å². The fraction of sp³-hybridized carbons (Fsp3) is 0.474. The Morgan fingerprint density at radius 2 is 2.00 bits per heavy atom. The molecular formula is C19H25NO4. The van der Waals surface area contributed by atoms with E-state index in [0.29, 0.717) is 25.9 Å². The number of Topliss-reactive ketones (excluding diaryl/α,β-unsaturated/α-hetero) is 1. The number of ketones is 1. The summed E-state index contributed by atoms with van der Waals surface area (Å²) in [5.74, 6) is 0.228. The Bertz CT molecular complexity index is 670. The standard InChI is InChI=1S/C19H25NO4/c1-13(21)17-8-9-20(18(23)24-19(2,3)4)12-15(17)10-14-6-5-7-16(22)11-14/h5-7,11,22H,8-10,12H2,1-4H3. The highest BCUT2D eigenvalue weighted by molar-refractivity contribution is 5.94. The first kappa shape index (κ1) is 18.0. The Morgan fingerprint density at radius 3 is 2.58 bits per heavy atom. The lowest BCUT2D eigenvalue weighted by molar-refractivity contribution is -0.114. The van der Waals surface area contributed by atoms with Gasteiger partial charge in [-0.15, -0.1) is 0 Å². The van der Waals surface area contributed by atoms with Crippen LogP contribution in [0.3, 0.4) is 0 Å². The molecule has 1 N–H and O–H groups in total. The smallest absolute Gasteiger partial charge is 0.410 e. The van der Waals surface area contributed by atoms with Crippen molar-refractivity contribution >= 4 is 11.9 Å². The zero-order valence-corrected chi connectivity index (χ0v) is 14.8. The second-order valence-electron chi connectivity index (χ2n) is 7.14. The van der Waals surface area contributed by atoms with Crippen molar-refractivity contribution in [2.75, 3.05) is 13.1 Å². The molecule has 1 amide bonds. The summed E-state index contributed by atoms with van der Waals surface area (Å²) in [6, 6.07) is 6.96. The topological polar surface area (TPSA) is 66.8 Å². The van der Waals surface area contributed by atoms with E-state index >= 15 is 0 Å². The van der Waals surface area contributed by atoms with E-state index in [-0.39, 0.29) is 17.6 Å². The molecule has 0 saturated heterocycles. The van der Waals surface area contributed by atoms with Crippen molar-refractivity contribution in [3.63, 3.8) is 0 Å². The predicted octanol–water partition coefficient (Wildman–Crippen LogP) is 3.46. The maximum Gasteiger partial charge on any atom is 0.410 e. The van der Waals surface area contributed by atoms with E-state index in [1.54, 1.807) is 30.0 Å². The number of amides is 1. The van der Waals surface area contributed by atoms with Gasteiger partial charge in [0.2, 0.25) is 0 Å². The highest BCUT2D eigenvalue weighted by atomic mass is 16.6. The van der Waals surface area contributed by atoms with Crippen molar-refractivity contribution in [2.24, 2.45) is 0 Å². The average molecular weight is 331 g/mol. The average Bonchev–Trinajstić information content (AvgIpc) is 2.45. The van der Waals surface area contributed by atoms with Gasteiger partial charge >= 0.3 is 6.09 Å². The number of rotatable bonds is 3. The lowest BCUT2D eigenvalue weighted by atomic mass is 9.92. The molecule has 24 heavy (non-hydrogen) atoms. The lowest BCUT2D eigenvalue weighted by Crippen LogP contribution is -2.41. The number of hydrogen-bond acceptors (Lipinski definition) is 4. The molecule has 1 aromatic carbocycles. The number of aromatic hydroxyl groups is 1. The minimum absolute atomic E-state index is 0.0361. The van der Waals surface area contributed by atoms with Crippen molar-refractivity contribution < 1.29 is 19.4 Å². The molecule has 2 rings (SSSR count). The van der Waals surface area contributed by atoms with Gasteiger partial charge in [0.25, 0.3) is 0 Å². The highest BCUT2D eigenvalue weighted by Crippen LogP contribution is 2.25. The van der Waals surface area contributed by atoms with Crippen molar-refractivity contribution in [3.8, 4) is 5.75 Å². The van der Waals surface area contributed by atoms with E-state index in [2.05, 4.69) is 0 Å². The van der Waals surface area contributed by atoms with Gasteiger partial charge in [0, 0.05) is 13.1 Å². The van der Waals surface area contributed by atoms with Gasteiger partial charge in [0.15, 0.2) is 5.78 Å². The number of phenols is 1. The molecule has 1 aliphatic heterocycles. The molecule has 5 nitrogen and oxygen atoms in total. The number of ether oxygens (including phenoxy) is 1. The van der Waals surface area contributed by atoms with Crippen LogP contribution in [0.2, 0.25) is 0 Å². The second-order valence-corrected chi connectivity index (χ2v) is 7.14. The zero-order valence-electron chi connectivity index (χ0n) is 14.8. The first-order valence-corrected chi connectivity index (χ1v) is 8.13. The fourth-order valence-electron chi connectivity index (χ4n) is 2.81. The molecule has 0 bridgehead atoms. The van der Waals surface area contributed by atoms with E-state index in [1.165, 1.54) is 0 Å². The van der Waals surface area contributed by atoms with E-state index in [0.717, 1.165) is 16.7 Å². The van der Waals surface area contributed by atoms with Gasteiger partial charge in [0.1, 0.15) is 11.4 Å². The summed E-state index contributed by atoms with van der Waals surface area (Å²) in [5.41, 5.74) is 2.05. The van der Waals surface area contributed by atoms with Crippen molar-refractivity contribution in [2.45, 2.75) is 46.1 Å². The molecule has 0 radical (unpaired) electrons. The third-order valence-corrected chi connectivity index (χ3v) is 3.84. The maximum atomic E-state index is 12.3. The fourth-order valence-corrected chi connectivity index (χ4v) is 2.81. The number of hydrogen-bond donors (Lipinski definition) is 1. The van der Waals surface area contributed by atoms with Gasteiger partial charge in [-0.1, -0.05) is 12.1 Å². The summed E-state index contributed by atoms with van der Waals surface area (Å²) >= 11 is 0. The normalized spacial score (nSPS) is 15.4. The van der Waals surface area contributed by atoms with Crippen LogP contribution in [0.4, 0.5) is 4.79 Å². The Kier molecular flexibility index (Phi) is 5.32. The third kappa shape index (κ3) is 4.85. The van der Waals surface area contributed by atoms with Crippen molar-refractivity contribution in [1.82, 2.24) is 4.90 Å². The molecule has 0 fully saturated rings. The predicted molar refractivity (Wildman–Crippen MR) is 91.9 cm³/mol. The Hall–Kier alpha value is -2.30. The summed E-state index contributed by atoms with van der Waals surface area (Å²) in [7, 11) is 0. The van der Waals surface area contributed by atoms with Crippen LogP contribution in [0, 0.1) is 0 Å². The van der Waals surface area contributed by atoms with Gasteiger partial charge in [-0.05, 0) is 69.4 Å². The number of phenolic OH excluding ortho intramolecular Hbond substituents is 1. The number of carbonyl (C=O) groups is 2. The molecule has 1 aromatic rings. The van der Waals surface area contributed by atoms with E-state index < -0.39 is 5.60 Å². The van der Waals surface area contributed by atoms with Crippen LogP contribution >= 0.6 is 0 Å². The van der Waals surface area contributed by atoms with Gasteiger partial charge in [0.05, 0.1) is 0 Å². The number of nitrogens with zero attached hydrogens (tertiary/aromatic N) is 1. The SMILES string of the molecule is CC(=O)C1=C(Cc2cccc(O)c2)CN(C(=O)OC(C)(C)C)CC1. The minimum Gasteiger partial charge on any atom is -0.508 e. The quantitative estimate of drug-likeness (QED) is 0.921. The Balaban J connectivity index is 2.20.